The number of hydrogen-bond donors (Lipinski definition) is 1. The van der Waals surface area contributed by atoms with E-state index in [0.717, 1.165) is 6.16 Å². The van der Waals surface area contributed by atoms with Crippen molar-refractivity contribution in [2.45, 2.75) is 44.9 Å². The Morgan fingerprint density at radius 3 is 1.46 bits per heavy atom. The molecule has 0 unspecified atom stereocenters. The van der Waals surface area contributed by atoms with Gasteiger partial charge < -0.3 is 5.73 Å². The van der Waals surface area contributed by atoms with E-state index in [2.05, 4.69) is 24.3 Å². The first kappa shape index (κ1) is 18.7. The van der Waals surface area contributed by atoms with Crippen LogP contribution in [0.15, 0.2) is 60.7 Å². The molecule has 2 N–H and O–H groups in total. The van der Waals surface area contributed by atoms with Crippen molar-refractivity contribution in [2.75, 3.05) is 6.16 Å². The third-order valence-electron chi connectivity index (χ3n) is 4.22. The number of carbonyl (C=O) groups excluding carboxylic acids is 1. The van der Waals surface area contributed by atoms with E-state index in [1.165, 1.54) is 49.1 Å². The summed E-state index contributed by atoms with van der Waals surface area (Å²) in [6, 6.07) is 20.7. The van der Waals surface area contributed by atoms with E-state index in [1.54, 1.807) is 0 Å². The van der Waals surface area contributed by atoms with Gasteiger partial charge in [0.05, 0.1) is 0 Å². The Labute approximate surface area is 147 Å². The van der Waals surface area contributed by atoms with Crippen LogP contribution in [0.3, 0.4) is 0 Å². The molecular weight excluding hydrogens is 313 g/mol. The van der Waals surface area contributed by atoms with Crippen LogP contribution in [0.1, 0.15) is 44.9 Å². The number of nitrogens with two attached hydrogens (primary N) is 1. The van der Waals surface area contributed by atoms with E-state index in [0.29, 0.717) is 6.42 Å². The molecule has 1 aliphatic carbocycles. The van der Waals surface area contributed by atoms with Crippen molar-refractivity contribution < 1.29 is 4.79 Å². The van der Waals surface area contributed by atoms with Gasteiger partial charge in [0.1, 0.15) is 0 Å². The quantitative estimate of drug-likeness (QED) is 0.808. The largest absolute Gasteiger partial charge is 0.370 e. The highest BCUT2D eigenvalue weighted by atomic mass is 31.1. The fourth-order valence-corrected chi connectivity index (χ4v) is 5.23. The van der Waals surface area contributed by atoms with Crippen molar-refractivity contribution in [3.8, 4) is 0 Å². The molecule has 2 nitrogen and oxygen atoms in total. The molecule has 0 aliphatic heterocycles. The molecule has 0 bridgehead atoms. The molecule has 3 rings (SSSR count). The second-order valence-electron chi connectivity index (χ2n) is 6.16. The van der Waals surface area contributed by atoms with E-state index < -0.39 is 7.92 Å². The van der Waals surface area contributed by atoms with Gasteiger partial charge >= 0.3 is 0 Å². The third-order valence-corrected chi connectivity index (χ3v) is 6.73. The maximum Gasteiger partial charge on any atom is 0.217 e. The predicted octanol–water partition coefficient (Wildman–Crippen LogP) is 4.34. The summed E-state index contributed by atoms with van der Waals surface area (Å²) >= 11 is 0. The topological polar surface area (TPSA) is 43.1 Å². The molecular formula is C21H28NOP. The second-order valence-corrected chi connectivity index (χ2v) is 8.50. The van der Waals surface area contributed by atoms with Crippen molar-refractivity contribution in [2.24, 2.45) is 5.73 Å². The molecule has 2 aromatic rings. The molecule has 1 saturated carbocycles. The van der Waals surface area contributed by atoms with E-state index in [-0.39, 0.29) is 5.91 Å². The Kier molecular flexibility index (Phi) is 8.55. The maximum absolute atomic E-state index is 11.0. The summed E-state index contributed by atoms with van der Waals surface area (Å²) in [6.45, 7) is 0. The molecule has 128 valence electrons. The summed E-state index contributed by atoms with van der Waals surface area (Å²) < 4.78 is 0. The standard InChI is InChI=1S/C15H16NOP.C6H12/c16-15(17)11-12-18(13-7-3-1-4-8-13)14-9-5-2-6-10-14;1-2-4-6-5-3-1/h1-10H,11-12H2,(H2,16,17);1-6H2. The van der Waals surface area contributed by atoms with Crippen LogP contribution < -0.4 is 16.3 Å². The number of hydrogen-bond acceptors (Lipinski definition) is 1. The lowest BCUT2D eigenvalue weighted by atomic mass is 10.0. The number of carbonyl (C=O) groups is 1. The number of rotatable bonds is 5. The summed E-state index contributed by atoms with van der Waals surface area (Å²) in [4.78, 5) is 11.0. The summed E-state index contributed by atoms with van der Waals surface area (Å²) in [5.74, 6) is -0.227. The smallest absolute Gasteiger partial charge is 0.217 e. The molecule has 24 heavy (non-hydrogen) atoms. The number of amides is 1. The van der Waals surface area contributed by atoms with Crippen LogP contribution in [0.5, 0.6) is 0 Å². The van der Waals surface area contributed by atoms with Gasteiger partial charge in [-0.3, -0.25) is 4.79 Å². The fourth-order valence-electron chi connectivity index (χ4n) is 2.91. The molecule has 0 atom stereocenters. The van der Waals surface area contributed by atoms with E-state index in [9.17, 15) is 4.79 Å². The van der Waals surface area contributed by atoms with Gasteiger partial charge in [0, 0.05) is 6.42 Å². The van der Waals surface area contributed by atoms with Gasteiger partial charge in [0.2, 0.25) is 5.91 Å². The van der Waals surface area contributed by atoms with Gasteiger partial charge in [-0.05, 0) is 24.7 Å². The summed E-state index contributed by atoms with van der Waals surface area (Å²) in [5, 5.41) is 2.58. The fraction of sp³-hybridized carbons (Fsp3) is 0.381. The first-order chi connectivity index (χ1) is 11.8. The van der Waals surface area contributed by atoms with Crippen LogP contribution in [0.4, 0.5) is 0 Å². The predicted molar refractivity (Wildman–Crippen MR) is 105 cm³/mol. The number of primary amides is 1. The molecule has 0 aromatic heterocycles. The molecule has 0 radical (unpaired) electrons. The van der Waals surface area contributed by atoms with Gasteiger partial charge in [-0.1, -0.05) is 99.2 Å². The normalized spacial score (nSPS) is 13.9. The lowest BCUT2D eigenvalue weighted by molar-refractivity contribution is -0.117. The molecule has 3 heteroatoms. The van der Waals surface area contributed by atoms with E-state index in [1.807, 2.05) is 36.4 Å². The Bertz CT molecular complexity index is 530. The summed E-state index contributed by atoms with van der Waals surface area (Å²) in [7, 11) is -0.484. The average molecular weight is 341 g/mol. The number of benzene rings is 2. The van der Waals surface area contributed by atoms with Crippen LogP contribution in [0, 0.1) is 0 Å². The van der Waals surface area contributed by atoms with Crippen molar-refractivity contribution in [3.05, 3.63) is 60.7 Å². The molecule has 2 aromatic carbocycles. The minimum Gasteiger partial charge on any atom is -0.370 e. The first-order valence-corrected chi connectivity index (χ1v) is 10.5. The third kappa shape index (κ3) is 6.84. The van der Waals surface area contributed by atoms with Crippen LogP contribution >= 0.6 is 7.92 Å². The van der Waals surface area contributed by atoms with Gasteiger partial charge in [-0.15, -0.1) is 0 Å². The van der Waals surface area contributed by atoms with E-state index in [4.69, 9.17) is 5.73 Å². The van der Waals surface area contributed by atoms with Gasteiger partial charge in [0.25, 0.3) is 0 Å². The van der Waals surface area contributed by atoms with Crippen molar-refractivity contribution in [3.63, 3.8) is 0 Å². The Morgan fingerprint density at radius 1 is 0.750 bits per heavy atom. The molecule has 0 spiro atoms. The van der Waals surface area contributed by atoms with Gasteiger partial charge in [-0.2, -0.15) is 0 Å². The lowest BCUT2D eigenvalue weighted by Crippen LogP contribution is -2.18. The Morgan fingerprint density at radius 2 is 1.12 bits per heavy atom. The summed E-state index contributed by atoms with van der Waals surface area (Å²) in [6.07, 6.45) is 10.3. The minimum absolute atomic E-state index is 0.227. The molecule has 1 amide bonds. The average Bonchev–Trinajstić information content (AvgIpc) is 2.65. The van der Waals surface area contributed by atoms with Gasteiger partial charge in [-0.25, -0.2) is 0 Å². The van der Waals surface area contributed by atoms with Crippen molar-refractivity contribution in [1.29, 1.82) is 0 Å². The highest BCUT2D eigenvalue weighted by Crippen LogP contribution is 2.33. The zero-order valence-corrected chi connectivity index (χ0v) is 15.3. The van der Waals surface area contributed by atoms with Crippen LogP contribution in [-0.2, 0) is 4.79 Å². The van der Waals surface area contributed by atoms with Crippen LogP contribution in [-0.4, -0.2) is 12.1 Å². The highest BCUT2D eigenvalue weighted by molar-refractivity contribution is 7.73. The highest BCUT2D eigenvalue weighted by Gasteiger charge is 2.13. The summed E-state index contributed by atoms with van der Waals surface area (Å²) in [5.41, 5.74) is 5.27. The molecule has 0 heterocycles. The SMILES string of the molecule is C1CCCCC1.NC(=O)CCP(c1ccccc1)c1ccccc1. The Hall–Kier alpha value is -1.66. The van der Waals surface area contributed by atoms with Crippen molar-refractivity contribution >= 4 is 24.4 Å². The maximum atomic E-state index is 11.0. The monoisotopic (exact) mass is 341 g/mol. The van der Waals surface area contributed by atoms with Crippen LogP contribution in [0.2, 0.25) is 0 Å². The molecule has 0 saturated heterocycles. The first-order valence-electron chi connectivity index (χ1n) is 8.93. The molecule has 1 aliphatic rings. The van der Waals surface area contributed by atoms with E-state index >= 15 is 0 Å². The zero-order chi connectivity index (χ0) is 17.0. The second kappa shape index (κ2) is 11.0. The lowest BCUT2D eigenvalue weighted by Gasteiger charge is -2.17. The Balaban J connectivity index is 0.000000292. The minimum atomic E-state index is -0.484. The molecule has 1 fully saturated rings. The van der Waals surface area contributed by atoms with Crippen molar-refractivity contribution in [1.82, 2.24) is 0 Å². The van der Waals surface area contributed by atoms with Gasteiger partial charge in [0.15, 0.2) is 0 Å². The zero-order valence-electron chi connectivity index (χ0n) is 14.4. The van der Waals surface area contributed by atoms with Crippen LogP contribution in [0.25, 0.3) is 0 Å².